The van der Waals surface area contributed by atoms with Gasteiger partial charge in [-0.05, 0) is 48.2 Å². The van der Waals surface area contributed by atoms with E-state index in [4.69, 9.17) is 5.26 Å². The number of carbonyl (C=O) groups excluding carboxylic acids is 1. The number of hydrogen-bond acceptors (Lipinski definition) is 3. The Balaban J connectivity index is 1.48. The van der Waals surface area contributed by atoms with Crippen molar-refractivity contribution in [3.8, 4) is 6.07 Å². The highest BCUT2D eigenvalue weighted by Gasteiger charge is 2.19. The first-order valence-electron chi connectivity index (χ1n) is 9.37. The third-order valence-corrected chi connectivity index (χ3v) is 5.44. The molecule has 4 nitrogen and oxygen atoms in total. The lowest BCUT2D eigenvalue weighted by molar-refractivity contribution is -0.131. The summed E-state index contributed by atoms with van der Waals surface area (Å²) in [5, 5.41) is 8.90. The molecule has 0 radical (unpaired) electrons. The van der Waals surface area contributed by atoms with E-state index >= 15 is 0 Å². The van der Waals surface area contributed by atoms with Crippen molar-refractivity contribution < 1.29 is 4.79 Å². The molecule has 1 heterocycles. The Morgan fingerprint density at radius 2 is 1.85 bits per heavy atom. The zero-order valence-corrected chi connectivity index (χ0v) is 17.0. The van der Waals surface area contributed by atoms with Crippen molar-refractivity contribution in [3.05, 3.63) is 69.7 Å². The molecule has 1 aliphatic heterocycles. The van der Waals surface area contributed by atoms with Gasteiger partial charge in [0.05, 0.1) is 11.6 Å². The summed E-state index contributed by atoms with van der Waals surface area (Å²) in [6.07, 6.45) is 2.34. The number of nitrogens with zero attached hydrogens (tertiary/aromatic N) is 3. The zero-order valence-electron chi connectivity index (χ0n) is 15.4. The average molecular weight is 426 g/mol. The summed E-state index contributed by atoms with van der Waals surface area (Å²) in [7, 11) is 0. The van der Waals surface area contributed by atoms with Crippen LogP contribution in [0.25, 0.3) is 0 Å². The Morgan fingerprint density at radius 1 is 1.04 bits per heavy atom. The van der Waals surface area contributed by atoms with Crippen molar-refractivity contribution in [2.24, 2.45) is 0 Å². The van der Waals surface area contributed by atoms with E-state index in [-0.39, 0.29) is 5.91 Å². The average Bonchev–Trinajstić information content (AvgIpc) is 2.92. The summed E-state index contributed by atoms with van der Waals surface area (Å²) in [6.45, 7) is 4.37. The van der Waals surface area contributed by atoms with Gasteiger partial charge in [-0.2, -0.15) is 5.26 Å². The minimum Gasteiger partial charge on any atom is -0.341 e. The molecule has 1 amide bonds. The predicted octanol–water partition coefficient (Wildman–Crippen LogP) is 3.99. The lowest BCUT2D eigenvalue weighted by atomic mass is 10.1. The number of halogens is 1. The van der Waals surface area contributed by atoms with Gasteiger partial charge in [-0.3, -0.25) is 9.69 Å². The molecule has 0 aromatic heterocycles. The molecule has 140 valence electrons. The number of nitriles is 1. The number of amides is 1. The Kier molecular flexibility index (Phi) is 7.03. The number of benzene rings is 2. The van der Waals surface area contributed by atoms with Gasteiger partial charge < -0.3 is 4.90 Å². The smallest absolute Gasteiger partial charge is 0.222 e. The fraction of sp³-hybridized carbons (Fsp3) is 0.364. The highest BCUT2D eigenvalue weighted by molar-refractivity contribution is 9.10. The molecular formula is C22H24BrN3O. The van der Waals surface area contributed by atoms with Crippen LogP contribution in [0.4, 0.5) is 0 Å². The molecule has 5 heteroatoms. The van der Waals surface area contributed by atoms with Crippen LogP contribution in [-0.2, 0) is 17.8 Å². The predicted molar refractivity (Wildman–Crippen MR) is 110 cm³/mol. The minimum absolute atomic E-state index is 0.246. The Bertz CT molecular complexity index is 813. The van der Waals surface area contributed by atoms with Gasteiger partial charge in [-0.25, -0.2) is 0 Å². The largest absolute Gasteiger partial charge is 0.341 e. The van der Waals surface area contributed by atoms with Crippen molar-refractivity contribution in [3.63, 3.8) is 0 Å². The third kappa shape index (κ3) is 5.92. The second-order valence-electron chi connectivity index (χ2n) is 6.95. The van der Waals surface area contributed by atoms with E-state index in [0.29, 0.717) is 12.0 Å². The zero-order chi connectivity index (χ0) is 19.1. The molecule has 1 fully saturated rings. The molecule has 27 heavy (non-hydrogen) atoms. The topological polar surface area (TPSA) is 47.3 Å². The van der Waals surface area contributed by atoms with Crippen LogP contribution in [0.1, 0.15) is 29.5 Å². The van der Waals surface area contributed by atoms with Crippen LogP contribution in [0, 0.1) is 11.3 Å². The number of rotatable bonds is 5. The van der Waals surface area contributed by atoms with Crippen LogP contribution < -0.4 is 0 Å². The van der Waals surface area contributed by atoms with Gasteiger partial charge in [-0.15, -0.1) is 0 Å². The normalized spacial score (nSPS) is 15.2. The van der Waals surface area contributed by atoms with Crippen molar-refractivity contribution in [1.82, 2.24) is 9.80 Å². The number of aryl methyl sites for hydroxylation is 1. The molecule has 3 rings (SSSR count). The van der Waals surface area contributed by atoms with E-state index in [1.807, 2.05) is 41.3 Å². The molecule has 0 bridgehead atoms. The van der Waals surface area contributed by atoms with Crippen molar-refractivity contribution in [2.45, 2.75) is 25.8 Å². The van der Waals surface area contributed by atoms with Crippen molar-refractivity contribution in [2.75, 3.05) is 26.2 Å². The SMILES string of the molecule is N#Cc1ccc(CN2CCCN(C(=O)CCc3cccc(Br)c3)CC2)cc1. The summed E-state index contributed by atoms with van der Waals surface area (Å²) in [6, 6.07) is 18.1. The lowest BCUT2D eigenvalue weighted by Gasteiger charge is -2.22. The first kappa shape index (κ1) is 19.6. The molecule has 0 atom stereocenters. The highest BCUT2D eigenvalue weighted by atomic mass is 79.9. The van der Waals surface area contributed by atoms with E-state index < -0.39 is 0 Å². The van der Waals surface area contributed by atoms with Gasteiger partial charge in [0.15, 0.2) is 0 Å². The van der Waals surface area contributed by atoms with E-state index in [9.17, 15) is 4.79 Å². The quantitative estimate of drug-likeness (QED) is 0.727. The van der Waals surface area contributed by atoms with Crippen LogP contribution in [-0.4, -0.2) is 41.9 Å². The van der Waals surface area contributed by atoms with Gasteiger partial charge >= 0.3 is 0 Å². The minimum atomic E-state index is 0.246. The molecule has 0 saturated carbocycles. The fourth-order valence-electron chi connectivity index (χ4n) is 3.42. The molecular weight excluding hydrogens is 402 g/mol. The van der Waals surface area contributed by atoms with Crippen LogP contribution in [0.3, 0.4) is 0 Å². The molecule has 1 aliphatic rings. The first-order chi connectivity index (χ1) is 13.1. The van der Waals surface area contributed by atoms with Gasteiger partial charge in [0.2, 0.25) is 5.91 Å². The maximum absolute atomic E-state index is 12.6. The molecule has 2 aromatic carbocycles. The van der Waals surface area contributed by atoms with E-state index in [1.165, 1.54) is 11.1 Å². The van der Waals surface area contributed by atoms with Crippen molar-refractivity contribution >= 4 is 21.8 Å². The molecule has 0 aliphatic carbocycles. The monoisotopic (exact) mass is 425 g/mol. The van der Waals surface area contributed by atoms with E-state index in [1.54, 1.807) is 0 Å². The molecule has 2 aromatic rings. The second-order valence-corrected chi connectivity index (χ2v) is 7.86. The maximum atomic E-state index is 12.6. The van der Waals surface area contributed by atoms with Crippen LogP contribution >= 0.6 is 15.9 Å². The van der Waals surface area contributed by atoms with E-state index in [0.717, 1.165) is 50.0 Å². The van der Waals surface area contributed by atoms with Crippen LogP contribution in [0.15, 0.2) is 53.0 Å². The molecule has 0 spiro atoms. The molecule has 0 N–H and O–H groups in total. The highest BCUT2D eigenvalue weighted by Crippen LogP contribution is 2.15. The summed E-state index contributed by atoms with van der Waals surface area (Å²) >= 11 is 3.48. The second kappa shape index (κ2) is 9.68. The Labute approximate surface area is 169 Å². The van der Waals surface area contributed by atoms with Crippen molar-refractivity contribution in [1.29, 1.82) is 5.26 Å². The summed E-state index contributed by atoms with van der Waals surface area (Å²) in [4.78, 5) is 17.0. The lowest BCUT2D eigenvalue weighted by Crippen LogP contribution is -2.35. The fourth-order valence-corrected chi connectivity index (χ4v) is 3.87. The first-order valence-corrected chi connectivity index (χ1v) is 10.2. The standard InChI is InChI=1S/C22H24BrN3O/c23-21-4-1-3-18(15-21)9-10-22(27)26-12-2-11-25(13-14-26)17-20-7-5-19(16-24)6-8-20/h1,3-8,15H,2,9-14,17H2. The van der Waals surface area contributed by atoms with Gasteiger partial charge in [-0.1, -0.05) is 40.2 Å². The molecule has 1 saturated heterocycles. The van der Waals surface area contributed by atoms with Crippen LogP contribution in [0.2, 0.25) is 0 Å². The third-order valence-electron chi connectivity index (χ3n) is 4.95. The van der Waals surface area contributed by atoms with E-state index in [2.05, 4.69) is 39.0 Å². The summed E-state index contributed by atoms with van der Waals surface area (Å²) in [5.74, 6) is 0.246. The van der Waals surface area contributed by atoms with Gasteiger partial charge in [0, 0.05) is 43.6 Å². The van der Waals surface area contributed by atoms with Crippen LogP contribution in [0.5, 0.6) is 0 Å². The Hall–Kier alpha value is -2.16. The summed E-state index contributed by atoms with van der Waals surface area (Å²) < 4.78 is 1.06. The molecule has 0 unspecified atom stereocenters. The maximum Gasteiger partial charge on any atom is 0.222 e. The van der Waals surface area contributed by atoms with Gasteiger partial charge in [0.25, 0.3) is 0 Å². The summed E-state index contributed by atoms with van der Waals surface area (Å²) in [5.41, 5.74) is 3.09. The number of hydrogen-bond donors (Lipinski definition) is 0. The Morgan fingerprint density at radius 3 is 2.59 bits per heavy atom. The van der Waals surface area contributed by atoms with Gasteiger partial charge in [0.1, 0.15) is 0 Å². The number of carbonyl (C=O) groups is 1.